The van der Waals surface area contributed by atoms with Crippen LogP contribution in [0, 0.1) is 6.92 Å². The van der Waals surface area contributed by atoms with Gasteiger partial charge in [0.2, 0.25) is 0 Å². The molecule has 0 bridgehead atoms. The number of carbonyl (C=O) groups is 1. The van der Waals surface area contributed by atoms with Crippen LogP contribution in [-0.4, -0.2) is 56.9 Å². The fraction of sp³-hybridized carbons (Fsp3) is 0.333. The first-order chi connectivity index (χ1) is 15.2. The molecule has 3 heterocycles. The third kappa shape index (κ3) is 4.46. The van der Waals surface area contributed by atoms with E-state index in [0.717, 1.165) is 27.8 Å². The number of ether oxygens (including phenoxy) is 1. The van der Waals surface area contributed by atoms with Gasteiger partial charge in [0, 0.05) is 54.6 Å². The van der Waals surface area contributed by atoms with E-state index in [1.54, 1.807) is 12.1 Å². The second kappa shape index (κ2) is 8.95. The Balaban J connectivity index is 1.49. The zero-order valence-electron chi connectivity index (χ0n) is 17.5. The lowest BCUT2D eigenvalue weighted by atomic mass is 10.1. The minimum atomic E-state index is -3.70. The highest BCUT2D eigenvalue weighted by molar-refractivity contribution is 7.91. The van der Waals surface area contributed by atoms with Gasteiger partial charge in [-0.3, -0.25) is 4.90 Å². The van der Waals surface area contributed by atoms with Crippen LogP contribution in [0.1, 0.15) is 21.5 Å². The van der Waals surface area contributed by atoms with Crippen LogP contribution in [0.4, 0.5) is 0 Å². The number of piperazine rings is 1. The first kappa shape index (κ1) is 22.9. The largest absolute Gasteiger partial charge is 0.465 e. The first-order valence-corrected chi connectivity index (χ1v) is 12.5. The Morgan fingerprint density at radius 3 is 2.59 bits per heavy atom. The molecule has 11 heteroatoms. The van der Waals surface area contributed by atoms with Crippen molar-refractivity contribution in [2.24, 2.45) is 0 Å². The second-order valence-electron chi connectivity index (χ2n) is 7.51. The van der Waals surface area contributed by atoms with E-state index in [9.17, 15) is 18.0 Å². The van der Waals surface area contributed by atoms with Gasteiger partial charge in [0.1, 0.15) is 9.79 Å². The Morgan fingerprint density at radius 1 is 1.19 bits per heavy atom. The summed E-state index contributed by atoms with van der Waals surface area (Å²) in [6.07, 6.45) is 0. The molecule has 1 aliphatic heterocycles. The van der Waals surface area contributed by atoms with Gasteiger partial charge in [-0.25, -0.2) is 18.0 Å². The highest BCUT2D eigenvalue weighted by Crippen LogP contribution is 2.28. The maximum absolute atomic E-state index is 13.0. The minimum Gasteiger partial charge on any atom is -0.465 e. The Hall–Kier alpha value is -2.24. The van der Waals surface area contributed by atoms with Gasteiger partial charge in [-0.05, 0) is 36.2 Å². The number of fused-ring (bicyclic) bond motifs is 1. The quantitative estimate of drug-likeness (QED) is 0.395. The zero-order chi connectivity index (χ0) is 23.0. The average Bonchev–Trinajstić information content (AvgIpc) is 3.26. The van der Waals surface area contributed by atoms with Crippen LogP contribution in [0.2, 0.25) is 5.02 Å². The molecule has 1 saturated heterocycles. The lowest BCUT2D eigenvalue weighted by molar-refractivity contribution is 0.0601. The number of benzene rings is 1. The molecule has 3 aromatic rings. The van der Waals surface area contributed by atoms with Crippen LogP contribution in [0.15, 0.2) is 43.1 Å². The fourth-order valence-corrected chi connectivity index (χ4v) is 6.54. The molecule has 2 aromatic heterocycles. The van der Waals surface area contributed by atoms with Gasteiger partial charge in [0.25, 0.3) is 10.0 Å². The van der Waals surface area contributed by atoms with Gasteiger partial charge < -0.3 is 9.15 Å². The summed E-state index contributed by atoms with van der Waals surface area (Å²) in [4.78, 5) is 25.7. The van der Waals surface area contributed by atoms with E-state index in [0.29, 0.717) is 43.3 Å². The molecule has 0 radical (unpaired) electrons. The molecular formula is C21H21ClN2O6S2. The molecule has 1 aromatic carbocycles. The number of rotatable bonds is 5. The molecule has 0 spiro atoms. The molecular weight excluding hydrogens is 476 g/mol. The van der Waals surface area contributed by atoms with Gasteiger partial charge in [-0.1, -0.05) is 11.6 Å². The Kier molecular flexibility index (Phi) is 6.42. The highest BCUT2D eigenvalue weighted by atomic mass is 35.5. The Labute approximate surface area is 194 Å². The summed E-state index contributed by atoms with van der Waals surface area (Å²) in [5.74, 6) is -0.567. The molecule has 0 amide bonds. The summed E-state index contributed by atoms with van der Waals surface area (Å²) >= 11 is 7.27. The number of carbonyl (C=O) groups excluding carboxylic acids is 1. The van der Waals surface area contributed by atoms with Gasteiger partial charge in [0.05, 0.1) is 12.7 Å². The minimum absolute atomic E-state index is 0.114. The van der Waals surface area contributed by atoms with Crippen LogP contribution in [0.3, 0.4) is 0 Å². The van der Waals surface area contributed by atoms with E-state index in [1.807, 2.05) is 6.92 Å². The summed E-state index contributed by atoms with van der Waals surface area (Å²) in [7, 11) is -2.44. The predicted octanol–water partition coefficient (Wildman–Crippen LogP) is 3.11. The lowest BCUT2D eigenvalue weighted by Gasteiger charge is -2.33. The average molecular weight is 497 g/mol. The third-order valence-electron chi connectivity index (χ3n) is 5.43. The van der Waals surface area contributed by atoms with Crippen LogP contribution in [0.5, 0.6) is 0 Å². The van der Waals surface area contributed by atoms with Crippen molar-refractivity contribution in [2.75, 3.05) is 33.3 Å². The van der Waals surface area contributed by atoms with E-state index in [1.165, 1.54) is 28.9 Å². The number of sulfonamides is 1. The van der Waals surface area contributed by atoms with Gasteiger partial charge >= 0.3 is 11.6 Å². The van der Waals surface area contributed by atoms with Crippen molar-refractivity contribution in [1.29, 1.82) is 0 Å². The smallest absolute Gasteiger partial charge is 0.338 e. The summed E-state index contributed by atoms with van der Waals surface area (Å²) in [5, 5.41) is 2.84. The molecule has 0 unspecified atom stereocenters. The lowest BCUT2D eigenvalue weighted by Crippen LogP contribution is -2.48. The standard InChI is InChI=1S/C21H21ClN2O6S2/c1-13-7-18-16(10-17(13)22)14(8-19(25)30-18)11-23-3-5-24(6-4-23)32(27,28)20-9-15(12-31-20)21(26)29-2/h7-10,12H,3-6,11H2,1-2H3. The summed E-state index contributed by atoms with van der Waals surface area (Å²) in [5.41, 5.74) is 1.88. The summed E-state index contributed by atoms with van der Waals surface area (Å²) in [6.45, 7) is 3.91. The number of hydrogen-bond acceptors (Lipinski definition) is 8. The first-order valence-electron chi connectivity index (χ1n) is 9.81. The number of halogens is 1. The van der Waals surface area contributed by atoms with E-state index in [4.69, 9.17) is 16.0 Å². The Morgan fingerprint density at radius 2 is 1.91 bits per heavy atom. The molecule has 32 heavy (non-hydrogen) atoms. The Bertz CT molecular complexity index is 1340. The predicted molar refractivity (Wildman–Crippen MR) is 122 cm³/mol. The molecule has 8 nitrogen and oxygen atoms in total. The van der Waals surface area contributed by atoms with Crippen molar-refractivity contribution in [2.45, 2.75) is 17.7 Å². The van der Waals surface area contributed by atoms with Crippen molar-refractivity contribution in [1.82, 2.24) is 9.21 Å². The van der Waals surface area contributed by atoms with Crippen molar-refractivity contribution in [3.05, 3.63) is 61.8 Å². The van der Waals surface area contributed by atoms with Crippen LogP contribution in [-0.2, 0) is 21.3 Å². The molecule has 170 valence electrons. The summed E-state index contributed by atoms with van der Waals surface area (Å²) < 4.78 is 37.4. The van der Waals surface area contributed by atoms with Gasteiger partial charge in [-0.15, -0.1) is 11.3 Å². The number of esters is 1. The molecule has 0 atom stereocenters. The molecule has 1 fully saturated rings. The highest BCUT2D eigenvalue weighted by Gasteiger charge is 2.30. The SMILES string of the molecule is COC(=O)c1csc(S(=O)(=O)N2CCN(Cc3cc(=O)oc4cc(C)c(Cl)cc34)CC2)c1. The van der Waals surface area contributed by atoms with Crippen molar-refractivity contribution >= 4 is 49.9 Å². The normalized spacial score (nSPS) is 15.8. The van der Waals surface area contributed by atoms with E-state index in [-0.39, 0.29) is 9.77 Å². The molecule has 0 aliphatic carbocycles. The number of nitrogens with zero attached hydrogens (tertiary/aromatic N) is 2. The van der Waals surface area contributed by atoms with Crippen LogP contribution in [0.25, 0.3) is 11.0 Å². The van der Waals surface area contributed by atoms with Gasteiger partial charge in [0.15, 0.2) is 0 Å². The fourth-order valence-electron chi connectivity index (χ4n) is 3.65. The van der Waals surface area contributed by atoms with Crippen LogP contribution >= 0.6 is 22.9 Å². The topological polar surface area (TPSA) is 97.1 Å². The molecule has 0 saturated carbocycles. The van der Waals surface area contributed by atoms with Crippen LogP contribution < -0.4 is 5.63 Å². The van der Waals surface area contributed by atoms with E-state index >= 15 is 0 Å². The maximum atomic E-state index is 13.0. The molecule has 4 rings (SSSR count). The zero-order valence-corrected chi connectivity index (χ0v) is 19.8. The monoisotopic (exact) mass is 496 g/mol. The number of aryl methyl sites for hydroxylation is 1. The van der Waals surface area contributed by atoms with E-state index < -0.39 is 21.6 Å². The van der Waals surface area contributed by atoms with E-state index in [2.05, 4.69) is 9.64 Å². The van der Waals surface area contributed by atoms with Crippen molar-refractivity contribution in [3.8, 4) is 0 Å². The third-order valence-corrected chi connectivity index (χ3v) is 9.15. The van der Waals surface area contributed by atoms with Crippen molar-refractivity contribution < 1.29 is 22.4 Å². The number of methoxy groups -OCH3 is 1. The number of thiophene rings is 1. The van der Waals surface area contributed by atoms with Crippen molar-refractivity contribution in [3.63, 3.8) is 0 Å². The summed E-state index contributed by atoms with van der Waals surface area (Å²) in [6, 6.07) is 6.34. The second-order valence-corrected chi connectivity index (χ2v) is 11.0. The van der Waals surface area contributed by atoms with Gasteiger partial charge in [-0.2, -0.15) is 4.31 Å². The maximum Gasteiger partial charge on any atom is 0.338 e. The number of hydrogen-bond donors (Lipinski definition) is 0. The molecule has 1 aliphatic rings. The molecule has 0 N–H and O–H groups in total.